The highest BCUT2D eigenvalue weighted by atomic mass is 16.2. The van der Waals surface area contributed by atoms with Gasteiger partial charge in [0, 0.05) is 24.6 Å². The molecule has 1 aromatic rings. The minimum Gasteiger partial charge on any atom is -0.354 e. The summed E-state index contributed by atoms with van der Waals surface area (Å²) in [7, 11) is 0. The van der Waals surface area contributed by atoms with Gasteiger partial charge in [-0.2, -0.15) is 0 Å². The number of benzene rings is 1. The van der Waals surface area contributed by atoms with Gasteiger partial charge >= 0.3 is 0 Å². The number of imide groups is 1. The van der Waals surface area contributed by atoms with Crippen LogP contribution < -0.4 is 5.32 Å². The van der Waals surface area contributed by atoms with E-state index in [4.69, 9.17) is 0 Å². The third kappa shape index (κ3) is 3.66. The molecule has 1 heterocycles. The minimum absolute atomic E-state index is 0.0431. The van der Waals surface area contributed by atoms with Crippen molar-refractivity contribution >= 4 is 23.8 Å². The predicted octanol–water partition coefficient (Wildman–Crippen LogP) is 2.72. The average molecular weight is 378 g/mol. The SMILES string of the molecule is CCc1ccc(/C=C2\CC(=O)N(CCNC(=O)[C@H]3C[C@H]4C=C[C@@H]3C4)C2=O)cc1. The molecule has 28 heavy (non-hydrogen) atoms. The van der Waals surface area contributed by atoms with Crippen LogP contribution in [0.2, 0.25) is 0 Å². The largest absolute Gasteiger partial charge is 0.354 e. The van der Waals surface area contributed by atoms with E-state index < -0.39 is 0 Å². The fraction of sp³-hybridized carbons (Fsp3) is 0.435. The molecule has 5 heteroatoms. The monoisotopic (exact) mass is 378 g/mol. The maximum absolute atomic E-state index is 12.6. The van der Waals surface area contributed by atoms with Gasteiger partial charge in [-0.25, -0.2) is 0 Å². The van der Waals surface area contributed by atoms with E-state index in [1.165, 1.54) is 10.5 Å². The number of aryl methyl sites for hydroxylation is 1. The summed E-state index contributed by atoms with van der Waals surface area (Å²) >= 11 is 0. The van der Waals surface area contributed by atoms with Crippen molar-refractivity contribution < 1.29 is 14.4 Å². The third-order valence-corrected chi connectivity index (χ3v) is 6.14. The van der Waals surface area contributed by atoms with E-state index in [1.807, 2.05) is 24.3 Å². The van der Waals surface area contributed by atoms with Crippen LogP contribution in [0.3, 0.4) is 0 Å². The van der Waals surface area contributed by atoms with Crippen molar-refractivity contribution in [1.29, 1.82) is 0 Å². The molecule has 1 aromatic carbocycles. The van der Waals surface area contributed by atoms with Crippen molar-refractivity contribution in [1.82, 2.24) is 10.2 Å². The van der Waals surface area contributed by atoms with Crippen LogP contribution in [-0.2, 0) is 20.8 Å². The minimum atomic E-state index is -0.248. The normalized spacial score (nSPS) is 27.2. The zero-order valence-electron chi connectivity index (χ0n) is 16.2. The van der Waals surface area contributed by atoms with Crippen LogP contribution in [-0.4, -0.2) is 35.7 Å². The zero-order chi connectivity index (χ0) is 19.7. The molecule has 0 unspecified atom stereocenters. The summed E-state index contributed by atoms with van der Waals surface area (Å²) in [6, 6.07) is 8.00. The van der Waals surface area contributed by atoms with Gasteiger partial charge in [0.25, 0.3) is 5.91 Å². The number of hydrogen-bond donors (Lipinski definition) is 1. The Bertz CT molecular complexity index is 853. The number of rotatable bonds is 6. The fourth-order valence-corrected chi connectivity index (χ4v) is 4.51. The highest BCUT2D eigenvalue weighted by Gasteiger charge is 2.40. The number of nitrogens with one attached hydrogen (secondary N) is 1. The Balaban J connectivity index is 1.32. The molecule has 5 nitrogen and oxygen atoms in total. The lowest BCUT2D eigenvalue weighted by Gasteiger charge is -2.19. The highest BCUT2D eigenvalue weighted by molar-refractivity contribution is 6.15. The first-order chi connectivity index (χ1) is 13.5. The quantitative estimate of drug-likeness (QED) is 0.470. The van der Waals surface area contributed by atoms with E-state index in [-0.39, 0.29) is 36.6 Å². The molecule has 146 valence electrons. The lowest BCUT2D eigenvalue weighted by atomic mass is 9.93. The van der Waals surface area contributed by atoms with Crippen molar-refractivity contribution in [3.63, 3.8) is 0 Å². The number of fused-ring (bicyclic) bond motifs is 2. The standard InChI is InChI=1S/C23H26N2O3/c1-2-15-3-5-16(6-4-15)11-19-14-21(26)25(23(19)28)10-9-24-22(27)20-13-17-7-8-18(20)12-17/h3-8,11,17-18,20H,2,9-10,12-14H2,1H3,(H,24,27)/b19-11+/t17-,18+,20-/m0/s1. The first-order valence-corrected chi connectivity index (χ1v) is 10.2. The number of nitrogens with zero attached hydrogens (tertiary/aromatic N) is 1. The Labute approximate surface area is 165 Å². The average Bonchev–Trinajstić information content (AvgIpc) is 3.40. The van der Waals surface area contributed by atoms with E-state index in [1.54, 1.807) is 6.08 Å². The van der Waals surface area contributed by atoms with Crippen LogP contribution in [0.1, 0.15) is 37.3 Å². The summed E-state index contributed by atoms with van der Waals surface area (Å²) in [5, 5.41) is 2.92. The molecular weight excluding hydrogens is 352 g/mol. The summed E-state index contributed by atoms with van der Waals surface area (Å²) in [4.78, 5) is 38.5. The van der Waals surface area contributed by atoms with Crippen molar-refractivity contribution in [2.75, 3.05) is 13.1 Å². The van der Waals surface area contributed by atoms with Crippen molar-refractivity contribution in [2.24, 2.45) is 17.8 Å². The first-order valence-electron chi connectivity index (χ1n) is 10.2. The second-order valence-corrected chi connectivity index (χ2v) is 7.97. The molecule has 2 aliphatic carbocycles. The van der Waals surface area contributed by atoms with Crippen LogP contribution in [0.4, 0.5) is 0 Å². The fourth-order valence-electron chi connectivity index (χ4n) is 4.51. The van der Waals surface area contributed by atoms with Crippen molar-refractivity contribution in [2.45, 2.75) is 32.6 Å². The van der Waals surface area contributed by atoms with Gasteiger partial charge in [0.05, 0.1) is 6.42 Å². The Morgan fingerprint density at radius 2 is 1.96 bits per heavy atom. The number of likely N-dealkylation sites (tertiary alicyclic amines) is 1. The summed E-state index contributed by atoms with van der Waals surface area (Å²) < 4.78 is 0. The van der Waals surface area contributed by atoms with Crippen LogP contribution in [0, 0.1) is 17.8 Å². The van der Waals surface area contributed by atoms with Gasteiger partial charge in [0.1, 0.15) is 0 Å². The number of carbonyl (C=O) groups is 3. The summed E-state index contributed by atoms with van der Waals surface area (Å²) in [6.45, 7) is 2.63. The molecule has 3 atom stereocenters. The molecule has 1 saturated heterocycles. The second kappa shape index (κ2) is 7.74. The Hall–Kier alpha value is -2.69. The summed E-state index contributed by atoms with van der Waals surface area (Å²) in [5.41, 5.74) is 2.67. The molecule has 1 saturated carbocycles. The molecule has 0 spiro atoms. The number of allylic oxidation sites excluding steroid dienone is 2. The molecule has 3 aliphatic rings. The van der Waals surface area contributed by atoms with Crippen molar-refractivity contribution in [3.8, 4) is 0 Å². The van der Waals surface area contributed by atoms with Crippen molar-refractivity contribution in [3.05, 3.63) is 53.1 Å². The third-order valence-electron chi connectivity index (χ3n) is 6.14. The lowest BCUT2D eigenvalue weighted by molar-refractivity contribution is -0.138. The maximum atomic E-state index is 12.6. The van der Waals surface area contributed by atoms with Gasteiger partial charge in [-0.1, -0.05) is 43.3 Å². The predicted molar refractivity (Wildman–Crippen MR) is 107 cm³/mol. The van der Waals surface area contributed by atoms with Gasteiger partial charge in [-0.15, -0.1) is 0 Å². The van der Waals surface area contributed by atoms with E-state index in [0.717, 1.165) is 24.8 Å². The Kier molecular flexibility index (Phi) is 5.16. The maximum Gasteiger partial charge on any atom is 0.256 e. The van der Waals surface area contributed by atoms with Gasteiger partial charge in [0.15, 0.2) is 0 Å². The van der Waals surface area contributed by atoms with Gasteiger partial charge < -0.3 is 5.32 Å². The number of hydrogen-bond acceptors (Lipinski definition) is 3. The second-order valence-electron chi connectivity index (χ2n) is 7.97. The number of amides is 3. The molecule has 3 amide bonds. The van der Waals surface area contributed by atoms with E-state index in [0.29, 0.717) is 24.0 Å². The lowest BCUT2D eigenvalue weighted by Crippen LogP contribution is -2.40. The molecular formula is C23H26N2O3. The smallest absolute Gasteiger partial charge is 0.256 e. The van der Waals surface area contributed by atoms with E-state index in [9.17, 15) is 14.4 Å². The zero-order valence-corrected chi connectivity index (χ0v) is 16.2. The Morgan fingerprint density at radius 3 is 2.61 bits per heavy atom. The van der Waals surface area contributed by atoms with Crippen LogP contribution in [0.25, 0.3) is 6.08 Å². The number of carbonyl (C=O) groups excluding carboxylic acids is 3. The molecule has 1 N–H and O–H groups in total. The Morgan fingerprint density at radius 1 is 1.18 bits per heavy atom. The topological polar surface area (TPSA) is 66.5 Å². The van der Waals surface area contributed by atoms with Gasteiger partial charge in [0.2, 0.25) is 11.8 Å². The molecule has 2 bridgehead atoms. The molecule has 2 fully saturated rings. The molecule has 0 radical (unpaired) electrons. The van der Waals surface area contributed by atoms with E-state index >= 15 is 0 Å². The van der Waals surface area contributed by atoms with E-state index in [2.05, 4.69) is 24.4 Å². The molecule has 4 rings (SSSR count). The summed E-state index contributed by atoms with van der Waals surface area (Å²) in [6.07, 6.45) is 9.23. The molecule has 0 aromatic heterocycles. The van der Waals surface area contributed by atoms with Crippen LogP contribution in [0.5, 0.6) is 0 Å². The summed E-state index contributed by atoms with van der Waals surface area (Å²) in [5.74, 6) is 0.541. The van der Waals surface area contributed by atoms with Crippen LogP contribution >= 0.6 is 0 Å². The van der Waals surface area contributed by atoms with Gasteiger partial charge in [-0.3, -0.25) is 19.3 Å². The highest BCUT2D eigenvalue weighted by Crippen LogP contribution is 2.43. The van der Waals surface area contributed by atoms with Crippen LogP contribution in [0.15, 0.2) is 42.0 Å². The van der Waals surface area contributed by atoms with Gasteiger partial charge in [-0.05, 0) is 48.3 Å². The molecule has 1 aliphatic heterocycles. The first kappa shape index (κ1) is 18.7.